The highest BCUT2D eigenvalue weighted by Gasteiger charge is 2.17. The fourth-order valence-corrected chi connectivity index (χ4v) is 9.78. The lowest BCUT2D eigenvalue weighted by Gasteiger charge is -2.13. The highest BCUT2D eigenvalue weighted by Crippen LogP contribution is 2.41. The molecule has 0 aliphatic carbocycles. The minimum absolute atomic E-state index is 0.607. The van der Waals surface area contributed by atoms with E-state index in [4.69, 9.17) is 15.0 Å². The standard InChI is InChI=1S/C50H30N4S2/c1-2-11-31(12-3-1)48-52-49(35-14-10-13-34(25-35)43-17-8-9-24-51-43)54-50(53-48)38-27-36(32-20-22-46-41(29-32)39-15-4-6-18-44(39)55-46)26-37(28-38)33-21-23-47-42(30-33)40-16-5-7-19-45(40)56-47/h1-30H. The molecule has 0 aliphatic rings. The Labute approximate surface area is 331 Å². The van der Waals surface area contributed by atoms with Gasteiger partial charge in [0.15, 0.2) is 17.5 Å². The summed E-state index contributed by atoms with van der Waals surface area (Å²) in [6.07, 6.45) is 1.82. The second-order valence-corrected chi connectivity index (χ2v) is 16.1. The first kappa shape index (κ1) is 32.6. The zero-order valence-corrected chi connectivity index (χ0v) is 31.6. The first-order valence-corrected chi connectivity index (χ1v) is 20.2. The number of thiophene rings is 2. The summed E-state index contributed by atoms with van der Waals surface area (Å²) in [4.78, 5) is 20.1. The smallest absolute Gasteiger partial charge is 0.164 e. The van der Waals surface area contributed by atoms with Gasteiger partial charge in [-0.25, -0.2) is 15.0 Å². The number of hydrogen-bond acceptors (Lipinski definition) is 6. The van der Waals surface area contributed by atoms with Crippen molar-refractivity contribution in [3.8, 4) is 67.7 Å². The molecule has 0 aliphatic heterocycles. The van der Waals surface area contributed by atoms with E-state index >= 15 is 0 Å². The molecule has 262 valence electrons. The SMILES string of the molecule is c1ccc(-c2nc(-c3cc(-c4ccc5sc6ccccc6c5c4)cc(-c4ccc5sc6ccccc6c5c4)c3)nc(-c3cccc(-c4ccccn4)c3)n2)cc1. The lowest BCUT2D eigenvalue weighted by Crippen LogP contribution is -2.01. The third-order valence-electron chi connectivity index (χ3n) is 10.4. The van der Waals surface area contributed by atoms with E-state index < -0.39 is 0 Å². The molecule has 0 atom stereocenters. The summed E-state index contributed by atoms with van der Waals surface area (Å²) >= 11 is 3.67. The van der Waals surface area contributed by atoms with Crippen LogP contribution in [0.25, 0.3) is 108 Å². The summed E-state index contributed by atoms with van der Waals surface area (Å²) in [6.45, 7) is 0. The number of hydrogen-bond donors (Lipinski definition) is 0. The summed E-state index contributed by atoms with van der Waals surface area (Å²) in [6, 6.07) is 62.2. The topological polar surface area (TPSA) is 51.6 Å². The van der Waals surface area contributed by atoms with E-state index in [1.807, 2.05) is 71.3 Å². The number of aromatic nitrogens is 4. The largest absolute Gasteiger partial charge is 0.256 e. The Balaban J connectivity index is 1.13. The van der Waals surface area contributed by atoms with Crippen molar-refractivity contribution in [2.24, 2.45) is 0 Å². The van der Waals surface area contributed by atoms with E-state index in [0.717, 1.165) is 50.2 Å². The van der Waals surface area contributed by atoms with Crippen LogP contribution in [0, 0.1) is 0 Å². The van der Waals surface area contributed by atoms with Gasteiger partial charge in [0.2, 0.25) is 0 Å². The van der Waals surface area contributed by atoms with E-state index in [0.29, 0.717) is 17.5 Å². The monoisotopic (exact) mass is 750 g/mol. The van der Waals surface area contributed by atoms with Gasteiger partial charge in [0.05, 0.1) is 5.69 Å². The van der Waals surface area contributed by atoms with E-state index in [1.54, 1.807) is 0 Å². The van der Waals surface area contributed by atoms with Crippen LogP contribution < -0.4 is 0 Å². The van der Waals surface area contributed by atoms with Crippen LogP contribution in [0.4, 0.5) is 0 Å². The lowest BCUT2D eigenvalue weighted by atomic mass is 9.94. The molecule has 0 fully saturated rings. The molecule has 4 heterocycles. The maximum atomic E-state index is 5.23. The Kier molecular flexibility index (Phi) is 7.83. The molecule has 4 aromatic heterocycles. The molecule has 0 N–H and O–H groups in total. The van der Waals surface area contributed by atoms with Crippen LogP contribution in [0.1, 0.15) is 0 Å². The summed E-state index contributed by atoms with van der Waals surface area (Å²) in [7, 11) is 0. The van der Waals surface area contributed by atoms with E-state index in [9.17, 15) is 0 Å². The minimum Gasteiger partial charge on any atom is -0.256 e. The van der Waals surface area contributed by atoms with Gasteiger partial charge >= 0.3 is 0 Å². The van der Waals surface area contributed by atoms with E-state index in [1.165, 1.54) is 40.3 Å². The molecule has 0 spiro atoms. The second kappa shape index (κ2) is 13.5. The maximum absolute atomic E-state index is 5.23. The van der Waals surface area contributed by atoms with Crippen molar-refractivity contribution in [1.29, 1.82) is 0 Å². The van der Waals surface area contributed by atoms with Crippen LogP contribution in [0.15, 0.2) is 182 Å². The normalized spacial score (nSPS) is 11.6. The summed E-state index contributed by atoms with van der Waals surface area (Å²) in [5.41, 5.74) is 9.14. The van der Waals surface area contributed by atoms with Crippen LogP contribution in [-0.2, 0) is 0 Å². The van der Waals surface area contributed by atoms with Crippen molar-refractivity contribution in [2.45, 2.75) is 0 Å². The number of benzene rings is 7. The zero-order valence-electron chi connectivity index (χ0n) is 29.9. The summed E-state index contributed by atoms with van der Waals surface area (Å²) in [5.74, 6) is 1.85. The Morgan fingerprint density at radius 1 is 0.286 bits per heavy atom. The quantitative estimate of drug-likeness (QED) is 0.170. The third kappa shape index (κ3) is 5.84. The first-order valence-electron chi connectivity index (χ1n) is 18.5. The number of nitrogens with zero attached hydrogens (tertiary/aromatic N) is 4. The molecule has 7 aromatic carbocycles. The Morgan fingerprint density at radius 2 is 0.768 bits per heavy atom. The molecule has 0 unspecified atom stereocenters. The predicted octanol–water partition coefficient (Wildman–Crippen LogP) is 14.0. The number of rotatable bonds is 6. The van der Waals surface area contributed by atoms with Crippen molar-refractivity contribution in [2.75, 3.05) is 0 Å². The van der Waals surface area contributed by atoms with Gasteiger partial charge in [-0.3, -0.25) is 4.98 Å². The summed E-state index contributed by atoms with van der Waals surface area (Å²) < 4.78 is 5.15. The molecule has 0 radical (unpaired) electrons. The molecule has 11 aromatic rings. The van der Waals surface area contributed by atoms with Gasteiger partial charge in [-0.2, -0.15) is 0 Å². The Bertz CT molecular complexity index is 3130. The van der Waals surface area contributed by atoms with Crippen LogP contribution in [0.2, 0.25) is 0 Å². The lowest BCUT2D eigenvalue weighted by molar-refractivity contribution is 1.07. The van der Waals surface area contributed by atoms with Gasteiger partial charge in [0, 0.05) is 68.8 Å². The summed E-state index contributed by atoms with van der Waals surface area (Å²) in [5, 5.41) is 5.09. The fourth-order valence-electron chi connectivity index (χ4n) is 7.60. The van der Waals surface area contributed by atoms with E-state index in [-0.39, 0.29) is 0 Å². The highest BCUT2D eigenvalue weighted by molar-refractivity contribution is 7.26. The number of fused-ring (bicyclic) bond motifs is 6. The average Bonchev–Trinajstić information content (AvgIpc) is 3.84. The molecule has 0 saturated heterocycles. The first-order chi connectivity index (χ1) is 27.7. The van der Waals surface area contributed by atoms with Crippen LogP contribution >= 0.6 is 22.7 Å². The molecule has 0 saturated carbocycles. The maximum Gasteiger partial charge on any atom is 0.164 e. The van der Waals surface area contributed by atoms with Crippen molar-refractivity contribution < 1.29 is 0 Å². The molecule has 0 bridgehead atoms. The molecule has 11 rings (SSSR count). The van der Waals surface area contributed by atoms with Crippen molar-refractivity contribution in [1.82, 2.24) is 19.9 Å². The molecule has 56 heavy (non-hydrogen) atoms. The molecular weight excluding hydrogens is 721 g/mol. The van der Waals surface area contributed by atoms with Gasteiger partial charge in [0.1, 0.15) is 0 Å². The third-order valence-corrected chi connectivity index (χ3v) is 12.7. The van der Waals surface area contributed by atoms with Gasteiger partial charge in [-0.1, -0.05) is 103 Å². The van der Waals surface area contributed by atoms with Gasteiger partial charge in [0.25, 0.3) is 0 Å². The number of pyridine rings is 1. The van der Waals surface area contributed by atoms with Crippen molar-refractivity contribution in [3.63, 3.8) is 0 Å². The van der Waals surface area contributed by atoms with Crippen molar-refractivity contribution >= 4 is 63.0 Å². The minimum atomic E-state index is 0.607. The van der Waals surface area contributed by atoms with Gasteiger partial charge in [-0.15, -0.1) is 22.7 Å². The van der Waals surface area contributed by atoms with E-state index in [2.05, 4.69) is 138 Å². The van der Waals surface area contributed by atoms with Crippen LogP contribution in [0.3, 0.4) is 0 Å². The predicted molar refractivity (Wildman–Crippen MR) is 236 cm³/mol. The fraction of sp³-hybridized carbons (Fsp3) is 0. The molecule has 0 amide bonds. The average molecular weight is 751 g/mol. The molecular formula is C50H30N4S2. The second-order valence-electron chi connectivity index (χ2n) is 13.9. The van der Waals surface area contributed by atoms with Crippen LogP contribution in [-0.4, -0.2) is 19.9 Å². The molecule has 4 nitrogen and oxygen atoms in total. The van der Waals surface area contributed by atoms with Gasteiger partial charge in [-0.05, 0) is 95.1 Å². The Hall–Kier alpha value is -6.86. The van der Waals surface area contributed by atoms with Gasteiger partial charge < -0.3 is 0 Å². The highest BCUT2D eigenvalue weighted by atomic mass is 32.1. The van der Waals surface area contributed by atoms with Crippen molar-refractivity contribution in [3.05, 3.63) is 182 Å². The zero-order chi connectivity index (χ0) is 37.0. The van der Waals surface area contributed by atoms with Crippen LogP contribution in [0.5, 0.6) is 0 Å². The Morgan fingerprint density at radius 3 is 1.39 bits per heavy atom. The molecule has 6 heteroatoms.